The Morgan fingerprint density at radius 1 is 1.83 bits per heavy atom. The van der Waals surface area contributed by atoms with Crippen LogP contribution in [0.5, 0.6) is 0 Å². The third kappa shape index (κ3) is 25.1. The number of hydrogen-bond acceptors (Lipinski definition) is 1. The van der Waals surface area contributed by atoms with Gasteiger partial charge in [0.25, 0.3) is 0 Å². The lowest BCUT2D eigenvalue weighted by atomic mass is 10.8. The summed E-state index contributed by atoms with van der Waals surface area (Å²) in [5.41, 5.74) is 4.17. The Balaban J connectivity index is 0. The van der Waals surface area contributed by atoms with Crippen molar-refractivity contribution in [1.29, 1.82) is 0 Å². The molecule has 0 heterocycles. The van der Waals surface area contributed by atoms with E-state index in [9.17, 15) is 0 Å². The van der Waals surface area contributed by atoms with Crippen LogP contribution in [0.3, 0.4) is 0 Å². The molecule has 36 valence electrons. The summed E-state index contributed by atoms with van der Waals surface area (Å²) in [5.74, 6) is 0. The van der Waals surface area contributed by atoms with Crippen molar-refractivity contribution in [3.63, 3.8) is 0 Å². The molecule has 2 nitrogen and oxygen atoms in total. The van der Waals surface area contributed by atoms with Crippen molar-refractivity contribution in [1.82, 2.24) is 0 Å². The van der Waals surface area contributed by atoms with Gasteiger partial charge >= 0.3 is 0 Å². The summed E-state index contributed by atoms with van der Waals surface area (Å²) < 4.78 is 0. The number of carbonyl (C=O) groups is 1. The maximum absolute atomic E-state index is 8.58. The molecule has 0 aromatic heterocycles. The summed E-state index contributed by atoms with van der Waals surface area (Å²) in [4.78, 5) is 8.58. The highest BCUT2D eigenvalue weighted by molar-refractivity contribution is 5.42. The average molecular weight is 87.1 g/mol. The first-order chi connectivity index (χ1) is 2.83. The number of rotatable bonds is 0. The SMILES string of the molecule is C=CC.NC=O. The lowest BCUT2D eigenvalue weighted by Crippen LogP contribution is -1.82. The molecule has 0 aromatic rings. The molecule has 0 radical (unpaired) electrons. The monoisotopic (exact) mass is 87.1 g/mol. The fourth-order valence-electron chi connectivity index (χ4n) is 0. The van der Waals surface area contributed by atoms with Gasteiger partial charge in [0.1, 0.15) is 0 Å². The molecule has 0 spiro atoms. The first kappa shape index (κ1) is 8.96. The Labute approximate surface area is 37.7 Å². The van der Waals surface area contributed by atoms with E-state index >= 15 is 0 Å². The van der Waals surface area contributed by atoms with E-state index in [1.807, 2.05) is 6.92 Å². The summed E-state index contributed by atoms with van der Waals surface area (Å²) in [6.07, 6.45) is 2.00. The maximum Gasteiger partial charge on any atom is 0.204 e. The molecule has 0 aromatic carbocycles. The largest absolute Gasteiger partial charge is 0.372 e. The molecule has 0 unspecified atom stereocenters. The molecule has 0 saturated carbocycles. The topological polar surface area (TPSA) is 43.1 Å². The Kier molecular flexibility index (Phi) is 44.3. The van der Waals surface area contributed by atoms with Crippen LogP contribution >= 0.6 is 0 Å². The third-order valence-electron chi connectivity index (χ3n) is 0. The van der Waals surface area contributed by atoms with E-state index in [-0.39, 0.29) is 6.41 Å². The van der Waals surface area contributed by atoms with Crippen molar-refractivity contribution < 1.29 is 4.79 Å². The third-order valence-corrected chi connectivity index (χ3v) is 0. The molecule has 0 atom stereocenters. The van der Waals surface area contributed by atoms with Crippen LogP contribution in [0.25, 0.3) is 0 Å². The van der Waals surface area contributed by atoms with Gasteiger partial charge in [-0.05, 0) is 6.92 Å². The summed E-state index contributed by atoms with van der Waals surface area (Å²) in [7, 11) is 0. The lowest BCUT2D eigenvalue weighted by molar-refractivity contribution is -0.106. The smallest absolute Gasteiger partial charge is 0.204 e. The van der Waals surface area contributed by atoms with Crippen molar-refractivity contribution in [3.05, 3.63) is 12.7 Å². The van der Waals surface area contributed by atoms with Gasteiger partial charge in [-0.3, -0.25) is 4.79 Å². The van der Waals surface area contributed by atoms with Crippen LogP contribution in [0.4, 0.5) is 0 Å². The van der Waals surface area contributed by atoms with Crippen molar-refractivity contribution in [3.8, 4) is 0 Å². The molecular weight excluding hydrogens is 78.0 g/mol. The number of allylic oxidation sites excluding steroid dienone is 1. The molecule has 0 rings (SSSR count). The van der Waals surface area contributed by atoms with Gasteiger partial charge in [0, 0.05) is 0 Å². The van der Waals surface area contributed by atoms with Crippen LogP contribution in [-0.4, -0.2) is 6.41 Å². The minimum Gasteiger partial charge on any atom is -0.372 e. The fourth-order valence-corrected chi connectivity index (χ4v) is 0. The Hall–Kier alpha value is -0.790. The van der Waals surface area contributed by atoms with E-state index in [0.29, 0.717) is 0 Å². The van der Waals surface area contributed by atoms with Gasteiger partial charge in [-0.2, -0.15) is 0 Å². The first-order valence-electron chi connectivity index (χ1n) is 1.55. The second kappa shape index (κ2) is 29.6. The molecule has 0 aliphatic heterocycles. The zero-order valence-electron chi connectivity index (χ0n) is 3.85. The summed E-state index contributed by atoms with van der Waals surface area (Å²) >= 11 is 0. The van der Waals surface area contributed by atoms with Gasteiger partial charge in [-0.25, -0.2) is 0 Å². The predicted molar refractivity (Wildman–Crippen MR) is 26.1 cm³/mol. The standard InChI is InChI=1S/C3H6.CH3NO/c1-3-2;2-1-3/h3H,1H2,2H3;1H,(H2,2,3). The van der Waals surface area contributed by atoms with E-state index in [1.54, 1.807) is 6.08 Å². The maximum atomic E-state index is 8.58. The second-order valence-corrected chi connectivity index (χ2v) is 0.544. The highest BCUT2D eigenvalue weighted by Gasteiger charge is 1.19. The fraction of sp³-hybridized carbons (Fsp3) is 0.250. The molecule has 2 N–H and O–H groups in total. The van der Waals surface area contributed by atoms with Crippen molar-refractivity contribution in [2.45, 2.75) is 6.92 Å². The highest BCUT2D eigenvalue weighted by Crippen LogP contribution is 1.38. The highest BCUT2D eigenvalue weighted by atomic mass is 16.1. The minimum absolute atomic E-state index is 0.250. The molecule has 1 amide bonds. The number of primary amides is 1. The Bertz CT molecular complexity index is 28.5. The Morgan fingerprint density at radius 2 is 1.83 bits per heavy atom. The normalized spacial score (nSPS) is 4.17. The second-order valence-electron chi connectivity index (χ2n) is 0.544. The first-order valence-corrected chi connectivity index (χ1v) is 1.55. The van der Waals surface area contributed by atoms with Crippen molar-refractivity contribution in [2.75, 3.05) is 0 Å². The van der Waals surface area contributed by atoms with Crippen LogP contribution in [0.2, 0.25) is 0 Å². The minimum atomic E-state index is 0.250. The number of hydrogen-bond donors (Lipinski definition) is 1. The van der Waals surface area contributed by atoms with E-state index in [1.165, 1.54) is 0 Å². The molecule has 2 heteroatoms. The molecule has 0 aliphatic carbocycles. The average Bonchev–Trinajstić information content (AvgIpc) is 1.39. The molecular formula is C4H9NO. The molecule has 0 bridgehead atoms. The van der Waals surface area contributed by atoms with Gasteiger partial charge < -0.3 is 5.73 Å². The van der Waals surface area contributed by atoms with Gasteiger partial charge in [0.15, 0.2) is 0 Å². The van der Waals surface area contributed by atoms with Crippen LogP contribution in [0, 0.1) is 0 Å². The van der Waals surface area contributed by atoms with Crippen molar-refractivity contribution >= 4 is 6.41 Å². The number of amides is 1. The van der Waals surface area contributed by atoms with E-state index < -0.39 is 0 Å². The van der Waals surface area contributed by atoms with Crippen LogP contribution < -0.4 is 5.73 Å². The van der Waals surface area contributed by atoms with Gasteiger partial charge in [0.05, 0.1) is 0 Å². The van der Waals surface area contributed by atoms with E-state index in [4.69, 9.17) is 4.79 Å². The van der Waals surface area contributed by atoms with Crippen LogP contribution in [0.1, 0.15) is 6.92 Å². The zero-order chi connectivity index (χ0) is 5.41. The van der Waals surface area contributed by atoms with Crippen molar-refractivity contribution in [2.24, 2.45) is 5.73 Å². The number of carbonyl (C=O) groups excluding carboxylic acids is 1. The molecule has 6 heavy (non-hydrogen) atoms. The van der Waals surface area contributed by atoms with E-state index in [2.05, 4.69) is 12.3 Å². The quantitative estimate of drug-likeness (QED) is 0.335. The van der Waals surface area contributed by atoms with Gasteiger partial charge in [0.2, 0.25) is 6.41 Å². The zero-order valence-corrected chi connectivity index (χ0v) is 3.85. The van der Waals surface area contributed by atoms with Crippen LogP contribution in [-0.2, 0) is 4.79 Å². The summed E-state index contributed by atoms with van der Waals surface area (Å²) in [6, 6.07) is 0. The predicted octanol–water partition coefficient (Wildman–Crippen LogP) is 0.294. The Morgan fingerprint density at radius 3 is 1.83 bits per heavy atom. The molecule has 0 saturated heterocycles. The summed E-state index contributed by atoms with van der Waals surface area (Å²) in [6.45, 7) is 5.25. The van der Waals surface area contributed by atoms with E-state index in [0.717, 1.165) is 0 Å². The van der Waals surface area contributed by atoms with Gasteiger partial charge in [-0.1, -0.05) is 6.08 Å². The van der Waals surface area contributed by atoms with Crippen LogP contribution in [0.15, 0.2) is 12.7 Å². The lowest BCUT2D eigenvalue weighted by Gasteiger charge is -1.32. The molecule has 0 fully saturated rings. The van der Waals surface area contributed by atoms with Gasteiger partial charge in [-0.15, -0.1) is 6.58 Å². The summed E-state index contributed by atoms with van der Waals surface area (Å²) in [5, 5.41) is 0. The molecule has 0 aliphatic rings. The number of nitrogens with two attached hydrogens (primary N) is 1.